The summed E-state index contributed by atoms with van der Waals surface area (Å²) in [5.41, 5.74) is 5.29. The molecule has 0 saturated heterocycles. The third-order valence-electron chi connectivity index (χ3n) is 1.72. The van der Waals surface area contributed by atoms with E-state index in [0.29, 0.717) is 11.3 Å². The van der Waals surface area contributed by atoms with Crippen LogP contribution in [0.4, 0.5) is 0 Å². The first-order valence-electron chi connectivity index (χ1n) is 4.68. The van der Waals surface area contributed by atoms with E-state index in [2.05, 4.69) is 4.74 Å². The predicted molar refractivity (Wildman–Crippen MR) is 56.8 cm³/mol. The van der Waals surface area contributed by atoms with Crippen molar-refractivity contribution in [2.45, 2.75) is 0 Å². The van der Waals surface area contributed by atoms with Crippen LogP contribution in [0, 0.1) is 11.3 Å². The summed E-state index contributed by atoms with van der Waals surface area (Å²) in [4.78, 5) is 21.4. The first-order valence-corrected chi connectivity index (χ1v) is 4.68. The molecule has 0 aromatic heterocycles. The Bertz CT molecular complexity index is 448. The van der Waals surface area contributed by atoms with E-state index in [9.17, 15) is 9.59 Å². The van der Waals surface area contributed by atoms with Crippen molar-refractivity contribution >= 4 is 11.9 Å². The zero-order valence-corrected chi connectivity index (χ0v) is 8.88. The molecule has 0 spiro atoms. The number of hydrogen-bond acceptors (Lipinski definition) is 5. The molecule has 6 heteroatoms. The summed E-state index contributed by atoms with van der Waals surface area (Å²) in [5, 5.41) is 8.56. The van der Waals surface area contributed by atoms with E-state index in [-0.39, 0.29) is 6.61 Å². The molecule has 0 radical (unpaired) electrons. The Hall–Kier alpha value is -2.55. The Balaban J connectivity index is 2.37. The molecule has 1 rings (SSSR count). The van der Waals surface area contributed by atoms with Crippen LogP contribution in [0.3, 0.4) is 0 Å². The van der Waals surface area contributed by atoms with Gasteiger partial charge in [-0.15, -0.1) is 0 Å². The van der Waals surface area contributed by atoms with E-state index in [4.69, 9.17) is 15.7 Å². The van der Waals surface area contributed by atoms with Crippen LogP contribution < -0.4 is 10.5 Å². The molecule has 0 aliphatic carbocycles. The highest BCUT2D eigenvalue weighted by atomic mass is 16.6. The first kappa shape index (κ1) is 12.5. The Morgan fingerprint density at radius 1 is 1.24 bits per heavy atom. The third-order valence-corrected chi connectivity index (χ3v) is 1.72. The minimum Gasteiger partial charge on any atom is -0.482 e. The fraction of sp³-hybridized carbons (Fsp3) is 0.182. The van der Waals surface area contributed by atoms with Gasteiger partial charge in [0.25, 0.3) is 5.91 Å². The fourth-order valence-corrected chi connectivity index (χ4v) is 0.961. The molecule has 6 nitrogen and oxygen atoms in total. The molecule has 1 amide bonds. The van der Waals surface area contributed by atoms with Crippen LogP contribution in [-0.2, 0) is 14.3 Å². The largest absolute Gasteiger partial charge is 0.482 e. The molecule has 0 bridgehead atoms. The Morgan fingerprint density at radius 2 is 1.88 bits per heavy atom. The van der Waals surface area contributed by atoms with E-state index in [1.165, 1.54) is 0 Å². The molecule has 88 valence electrons. The topological polar surface area (TPSA) is 102 Å². The van der Waals surface area contributed by atoms with E-state index < -0.39 is 18.5 Å². The number of amides is 1. The zero-order valence-electron chi connectivity index (χ0n) is 8.88. The lowest BCUT2D eigenvalue weighted by Gasteiger charge is -2.05. The SMILES string of the molecule is N#Cc1ccc(OCC(=O)OCC(N)=O)cc1. The molecule has 0 aliphatic heterocycles. The van der Waals surface area contributed by atoms with Gasteiger partial charge in [0.2, 0.25) is 0 Å². The summed E-state index contributed by atoms with van der Waals surface area (Å²) < 4.78 is 9.54. The van der Waals surface area contributed by atoms with Crippen LogP contribution >= 0.6 is 0 Å². The molecular weight excluding hydrogens is 224 g/mol. The highest BCUT2D eigenvalue weighted by Crippen LogP contribution is 2.11. The van der Waals surface area contributed by atoms with Gasteiger partial charge in [0.05, 0.1) is 11.6 Å². The molecular formula is C11H10N2O4. The number of nitrogens with two attached hydrogens (primary N) is 1. The number of carbonyl (C=O) groups excluding carboxylic acids is 2. The highest BCUT2D eigenvalue weighted by molar-refractivity contribution is 5.79. The van der Waals surface area contributed by atoms with Gasteiger partial charge in [0, 0.05) is 0 Å². The molecule has 0 fully saturated rings. The monoisotopic (exact) mass is 234 g/mol. The van der Waals surface area contributed by atoms with Crippen LogP contribution in [0.5, 0.6) is 5.75 Å². The number of primary amides is 1. The number of nitrogens with zero attached hydrogens (tertiary/aromatic N) is 1. The van der Waals surface area contributed by atoms with E-state index in [1.54, 1.807) is 24.3 Å². The summed E-state index contributed by atoms with van der Waals surface area (Å²) in [6.07, 6.45) is 0. The predicted octanol–water partition coefficient (Wildman–Crippen LogP) is -0.0344. The quantitative estimate of drug-likeness (QED) is 0.720. The minimum atomic E-state index is -0.725. The summed E-state index contributed by atoms with van der Waals surface area (Å²) in [6.45, 7) is -0.783. The summed E-state index contributed by atoms with van der Waals surface area (Å²) >= 11 is 0. The van der Waals surface area contributed by atoms with Gasteiger partial charge in [-0.25, -0.2) is 4.79 Å². The molecule has 17 heavy (non-hydrogen) atoms. The lowest BCUT2D eigenvalue weighted by Crippen LogP contribution is -2.23. The van der Waals surface area contributed by atoms with Crippen LogP contribution in [0.25, 0.3) is 0 Å². The van der Waals surface area contributed by atoms with Crippen molar-refractivity contribution in [2.24, 2.45) is 5.73 Å². The average Bonchev–Trinajstić information content (AvgIpc) is 2.34. The van der Waals surface area contributed by atoms with Crippen molar-refractivity contribution in [3.8, 4) is 11.8 Å². The van der Waals surface area contributed by atoms with Crippen LogP contribution in [0.1, 0.15) is 5.56 Å². The van der Waals surface area contributed by atoms with Crippen molar-refractivity contribution < 1.29 is 19.1 Å². The number of benzene rings is 1. The normalized spacial score (nSPS) is 9.12. The Morgan fingerprint density at radius 3 is 2.41 bits per heavy atom. The van der Waals surface area contributed by atoms with Gasteiger partial charge in [0.1, 0.15) is 5.75 Å². The van der Waals surface area contributed by atoms with Crippen LogP contribution in [-0.4, -0.2) is 25.1 Å². The standard InChI is InChI=1S/C11H10N2O4/c12-5-8-1-3-9(4-2-8)16-7-11(15)17-6-10(13)14/h1-4H,6-7H2,(H2,13,14). The number of esters is 1. The van der Waals surface area contributed by atoms with Crippen molar-refractivity contribution in [2.75, 3.05) is 13.2 Å². The lowest BCUT2D eigenvalue weighted by molar-refractivity contribution is -0.149. The van der Waals surface area contributed by atoms with Crippen molar-refractivity contribution in [3.63, 3.8) is 0 Å². The third kappa shape index (κ3) is 4.66. The number of nitriles is 1. The van der Waals surface area contributed by atoms with Gasteiger partial charge < -0.3 is 15.2 Å². The van der Waals surface area contributed by atoms with Gasteiger partial charge in [-0.2, -0.15) is 5.26 Å². The van der Waals surface area contributed by atoms with E-state index in [0.717, 1.165) is 0 Å². The van der Waals surface area contributed by atoms with Gasteiger partial charge in [-0.05, 0) is 24.3 Å². The van der Waals surface area contributed by atoms with Crippen molar-refractivity contribution in [1.82, 2.24) is 0 Å². The van der Waals surface area contributed by atoms with Crippen molar-refractivity contribution in [3.05, 3.63) is 29.8 Å². The smallest absolute Gasteiger partial charge is 0.344 e. The average molecular weight is 234 g/mol. The van der Waals surface area contributed by atoms with Crippen LogP contribution in [0.15, 0.2) is 24.3 Å². The molecule has 0 saturated carbocycles. The molecule has 0 unspecified atom stereocenters. The molecule has 0 aliphatic rings. The van der Waals surface area contributed by atoms with Gasteiger partial charge in [-0.1, -0.05) is 0 Å². The Kier molecular flexibility index (Phi) is 4.51. The number of carbonyl (C=O) groups is 2. The Labute approximate surface area is 97.5 Å². The van der Waals surface area contributed by atoms with Gasteiger partial charge >= 0.3 is 5.97 Å². The second-order valence-electron chi connectivity index (χ2n) is 3.05. The first-order chi connectivity index (χ1) is 8.11. The molecule has 0 heterocycles. The number of ether oxygens (including phenoxy) is 2. The maximum atomic E-state index is 11.0. The second-order valence-corrected chi connectivity index (χ2v) is 3.05. The molecule has 2 N–H and O–H groups in total. The maximum absolute atomic E-state index is 11.0. The summed E-state index contributed by atoms with van der Waals surface area (Å²) in [7, 11) is 0. The summed E-state index contributed by atoms with van der Waals surface area (Å²) in [5.74, 6) is -0.982. The van der Waals surface area contributed by atoms with Gasteiger partial charge in [0.15, 0.2) is 13.2 Å². The highest BCUT2D eigenvalue weighted by Gasteiger charge is 2.05. The van der Waals surface area contributed by atoms with E-state index >= 15 is 0 Å². The van der Waals surface area contributed by atoms with E-state index in [1.807, 2.05) is 6.07 Å². The second kappa shape index (κ2) is 6.12. The molecule has 1 aromatic rings. The lowest BCUT2D eigenvalue weighted by atomic mass is 10.2. The maximum Gasteiger partial charge on any atom is 0.344 e. The number of hydrogen-bond donors (Lipinski definition) is 1. The minimum absolute atomic E-state index is 0.320. The molecule has 1 aromatic carbocycles. The fourth-order valence-electron chi connectivity index (χ4n) is 0.961. The van der Waals surface area contributed by atoms with Crippen LogP contribution in [0.2, 0.25) is 0 Å². The molecule has 0 atom stereocenters. The number of rotatable bonds is 5. The van der Waals surface area contributed by atoms with Gasteiger partial charge in [-0.3, -0.25) is 4.79 Å². The summed E-state index contributed by atoms with van der Waals surface area (Å²) in [6, 6.07) is 8.18. The zero-order chi connectivity index (χ0) is 12.7. The van der Waals surface area contributed by atoms with Crippen molar-refractivity contribution in [1.29, 1.82) is 5.26 Å².